The Balaban J connectivity index is 4.75. The fourth-order valence-corrected chi connectivity index (χ4v) is 8.15. The number of unbranched alkanes of at least 4 members (excludes halogenated alkanes) is 22. The van der Waals surface area contributed by atoms with Gasteiger partial charge in [0.1, 0.15) is 19.3 Å². The molecule has 0 aromatic rings. The summed E-state index contributed by atoms with van der Waals surface area (Å²) in [5, 5.41) is 0. The minimum atomic E-state index is -0.911. The molecule has 0 rings (SSSR count). The number of esters is 5. The molecule has 11 nitrogen and oxygen atoms in total. The summed E-state index contributed by atoms with van der Waals surface area (Å²) in [5.74, 6) is -1.56. The van der Waals surface area contributed by atoms with Gasteiger partial charge in [-0.1, -0.05) is 163 Å². The molecule has 0 aliphatic carbocycles. The second kappa shape index (κ2) is 47.4. The second-order valence-corrected chi connectivity index (χ2v) is 19.3. The van der Waals surface area contributed by atoms with Gasteiger partial charge in [-0.15, -0.1) is 0 Å². The predicted molar refractivity (Wildman–Crippen MR) is 268 cm³/mol. The fourth-order valence-electron chi connectivity index (χ4n) is 8.15. The fraction of sp³-hybridized carbons (Fsp3) is 0.909. The van der Waals surface area contributed by atoms with E-state index in [4.69, 9.17) is 23.7 Å². The predicted octanol–water partition coefficient (Wildman–Crippen LogP) is 14.1. The Bertz CT molecular complexity index is 1150. The highest BCUT2D eigenvalue weighted by atomic mass is 16.6. The van der Waals surface area contributed by atoms with E-state index in [2.05, 4.69) is 27.7 Å². The van der Waals surface area contributed by atoms with Crippen LogP contribution in [0.5, 0.6) is 0 Å². The molecule has 0 aliphatic heterocycles. The minimum Gasteiger partial charge on any atom is -0.465 e. The molecule has 0 amide bonds. The van der Waals surface area contributed by atoms with Crippen molar-refractivity contribution in [2.75, 3.05) is 40.5 Å². The molecule has 0 radical (unpaired) electrons. The van der Waals surface area contributed by atoms with Crippen molar-refractivity contribution < 1.29 is 47.7 Å². The topological polar surface area (TPSA) is 135 Å². The molecule has 0 spiro atoms. The van der Waals surface area contributed by atoms with Gasteiger partial charge in [-0.2, -0.15) is 0 Å². The number of nitrogens with zero attached hydrogens (tertiary/aromatic N) is 1. The molecule has 0 heterocycles. The quantitative estimate of drug-likeness (QED) is 0.0328. The van der Waals surface area contributed by atoms with Crippen molar-refractivity contribution in [3.05, 3.63) is 0 Å². The van der Waals surface area contributed by atoms with Crippen molar-refractivity contribution in [1.82, 2.24) is 4.90 Å². The second-order valence-electron chi connectivity index (χ2n) is 19.3. The van der Waals surface area contributed by atoms with Crippen LogP contribution in [-0.4, -0.2) is 87.4 Å². The molecule has 2 atom stereocenters. The Hall–Kier alpha value is -2.69. The van der Waals surface area contributed by atoms with Crippen molar-refractivity contribution >= 4 is 29.8 Å². The zero-order valence-electron chi connectivity index (χ0n) is 43.8. The van der Waals surface area contributed by atoms with E-state index in [9.17, 15) is 24.0 Å². The van der Waals surface area contributed by atoms with Crippen LogP contribution in [-0.2, 0) is 47.7 Å². The number of carbonyl (C=O) groups is 5. The summed E-state index contributed by atoms with van der Waals surface area (Å²) in [7, 11) is 3.86. The normalized spacial score (nSPS) is 12.3. The third kappa shape index (κ3) is 42.6. The Morgan fingerprint density at radius 3 is 1.17 bits per heavy atom. The lowest BCUT2D eigenvalue weighted by Crippen LogP contribution is -2.31. The molecule has 388 valence electrons. The van der Waals surface area contributed by atoms with Crippen LogP contribution in [0.4, 0.5) is 0 Å². The summed E-state index contributed by atoms with van der Waals surface area (Å²) in [6.07, 6.45) is 34.5. The maximum Gasteiger partial charge on any atom is 0.308 e. The molecule has 0 aromatic heterocycles. The first kappa shape index (κ1) is 63.3. The standard InChI is InChI=1S/C55H103NO10/c1-7-11-15-19-22-28-37-48(36-27-18-14-10-4)55(61)62-45-34-26-33-41-52(58)64-47-50(66-54(60)43-35-44-56(5)6)46-63-51(57)40-31-25-32-42-53(59)65-49(38-29-23-20-16-12-8-2)39-30-24-21-17-13-9-3/h48-50H,7-47H2,1-6H3. The van der Waals surface area contributed by atoms with E-state index in [1.54, 1.807) is 0 Å². The molecule has 0 aliphatic rings. The van der Waals surface area contributed by atoms with Crippen LogP contribution in [0.3, 0.4) is 0 Å². The van der Waals surface area contributed by atoms with Crippen LogP contribution in [0.2, 0.25) is 0 Å². The van der Waals surface area contributed by atoms with E-state index in [1.165, 1.54) is 109 Å². The number of rotatable bonds is 49. The Labute approximate surface area is 405 Å². The summed E-state index contributed by atoms with van der Waals surface area (Å²) in [6, 6.07) is 0. The van der Waals surface area contributed by atoms with Gasteiger partial charge in [-0.3, -0.25) is 24.0 Å². The van der Waals surface area contributed by atoms with Gasteiger partial charge >= 0.3 is 29.8 Å². The third-order valence-corrected chi connectivity index (χ3v) is 12.4. The SMILES string of the molecule is CCCCCCCCC(CCCCCCCC)OC(=O)CCCCCC(=O)OCC(COC(=O)CCCCCOC(=O)C(CCCCCC)CCCCCCCC)OC(=O)CCCN(C)C. The van der Waals surface area contributed by atoms with E-state index in [1.807, 2.05) is 19.0 Å². The molecule has 0 saturated heterocycles. The number of hydrogen-bond donors (Lipinski definition) is 0. The van der Waals surface area contributed by atoms with Crippen molar-refractivity contribution in [1.29, 1.82) is 0 Å². The highest BCUT2D eigenvalue weighted by Gasteiger charge is 2.21. The zero-order valence-corrected chi connectivity index (χ0v) is 43.8. The van der Waals surface area contributed by atoms with E-state index < -0.39 is 24.0 Å². The van der Waals surface area contributed by atoms with Gasteiger partial charge in [0.2, 0.25) is 0 Å². The van der Waals surface area contributed by atoms with Crippen LogP contribution >= 0.6 is 0 Å². The highest BCUT2D eigenvalue weighted by Crippen LogP contribution is 2.22. The van der Waals surface area contributed by atoms with Gasteiger partial charge in [-0.25, -0.2) is 0 Å². The molecule has 0 bridgehead atoms. The Kier molecular flexibility index (Phi) is 45.4. The molecule has 0 saturated carbocycles. The van der Waals surface area contributed by atoms with E-state index in [-0.39, 0.29) is 56.4 Å². The van der Waals surface area contributed by atoms with Gasteiger partial charge in [0.25, 0.3) is 0 Å². The molecule has 11 heteroatoms. The van der Waals surface area contributed by atoms with Gasteiger partial charge < -0.3 is 28.6 Å². The monoisotopic (exact) mass is 938 g/mol. The van der Waals surface area contributed by atoms with Crippen molar-refractivity contribution in [3.63, 3.8) is 0 Å². The molecular formula is C55H103NO10. The van der Waals surface area contributed by atoms with Gasteiger partial charge in [0, 0.05) is 25.7 Å². The van der Waals surface area contributed by atoms with Gasteiger partial charge in [0.05, 0.1) is 12.5 Å². The van der Waals surface area contributed by atoms with Crippen molar-refractivity contribution in [2.24, 2.45) is 5.92 Å². The zero-order chi connectivity index (χ0) is 48.7. The van der Waals surface area contributed by atoms with Crippen molar-refractivity contribution in [3.8, 4) is 0 Å². The maximum absolute atomic E-state index is 13.0. The highest BCUT2D eigenvalue weighted by molar-refractivity contribution is 5.72. The summed E-state index contributed by atoms with van der Waals surface area (Å²) < 4.78 is 28.2. The van der Waals surface area contributed by atoms with E-state index in [0.29, 0.717) is 58.0 Å². The van der Waals surface area contributed by atoms with E-state index >= 15 is 0 Å². The largest absolute Gasteiger partial charge is 0.465 e. The van der Waals surface area contributed by atoms with Gasteiger partial charge in [-0.05, 0) is 97.7 Å². The molecule has 0 aromatic carbocycles. The summed E-state index contributed by atoms with van der Waals surface area (Å²) in [6.45, 7) is 9.52. The van der Waals surface area contributed by atoms with E-state index in [0.717, 1.165) is 64.3 Å². The minimum absolute atomic E-state index is 0.00972. The summed E-state index contributed by atoms with van der Waals surface area (Å²) in [4.78, 5) is 65.8. The van der Waals surface area contributed by atoms with Crippen molar-refractivity contribution in [2.45, 2.75) is 277 Å². The first-order chi connectivity index (χ1) is 32.1. The van der Waals surface area contributed by atoms with Crippen LogP contribution in [0.25, 0.3) is 0 Å². The first-order valence-corrected chi connectivity index (χ1v) is 27.6. The lowest BCUT2D eigenvalue weighted by molar-refractivity contribution is -0.167. The van der Waals surface area contributed by atoms with Gasteiger partial charge in [0.15, 0.2) is 6.10 Å². The summed E-state index contributed by atoms with van der Waals surface area (Å²) in [5.41, 5.74) is 0. The lowest BCUT2D eigenvalue weighted by Gasteiger charge is -2.19. The molecular weight excluding hydrogens is 835 g/mol. The summed E-state index contributed by atoms with van der Waals surface area (Å²) >= 11 is 0. The molecule has 2 unspecified atom stereocenters. The smallest absolute Gasteiger partial charge is 0.308 e. The van der Waals surface area contributed by atoms with Crippen LogP contribution in [0.1, 0.15) is 265 Å². The molecule has 0 fully saturated rings. The molecule has 0 N–H and O–H groups in total. The number of hydrogen-bond acceptors (Lipinski definition) is 11. The Morgan fingerprint density at radius 1 is 0.364 bits per heavy atom. The molecule has 66 heavy (non-hydrogen) atoms. The Morgan fingerprint density at radius 2 is 0.712 bits per heavy atom. The van der Waals surface area contributed by atoms with Crippen LogP contribution in [0, 0.1) is 5.92 Å². The average molecular weight is 938 g/mol. The maximum atomic E-state index is 13.0. The number of carbonyl (C=O) groups excluding carboxylic acids is 5. The van der Waals surface area contributed by atoms with Crippen LogP contribution in [0.15, 0.2) is 0 Å². The first-order valence-electron chi connectivity index (χ1n) is 27.6. The third-order valence-electron chi connectivity index (χ3n) is 12.4. The lowest BCUT2D eigenvalue weighted by atomic mass is 9.94. The average Bonchev–Trinajstić information content (AvgIpc) is 3.29. The van der Waals surface area contributed by atoms with Crippen LogP contribution < -0.4 is 0 Å². The number of ether oxygens (including phenoxy) is 5.